The average molecular weight is 179 g/mol. The van der Waals surface area contributed by atoms with Gasteiger partial charge in [-0.1, -0.05) is 0 Å². The lowest BCUT2D eigenvalue weighted by Crippen LogP contribution is -2.16. The van der Waals surface area contributed by atoms with E-state index in [-0.39, 0.29) is 5.78 Å². The van der Waals surface area contributed by atoms with Gasteiger partial charge in [0.2, 0.25) is 0 Å². The molecule has 13 heavy (non-hydrogen) atoms. The summed E-state index contributed by atoms with van der Waals surface area (Å²) in [5, 5.41) is 0. The Bertz CT molecular complexity index is 310. The number of ketones is 1. The summed E-state index contributed by atoms with van der Waals surface area (Å²) >= 11 is 0. The van der Waals surface area contributed by atoms with Gasteiger partial charge in [0, 0.05) is 26.1 Å². The van der Waals surface area contributed by atoms with Crippen molar-refractivity contribution in [2.75, 3.05) is 18.0 Å². The number of carbonyl (C=O) groups is 1. The molecule has 3 heteroatoms. The lowest BCUT2D eigenvalue weighted by molar-refractivity contribution is 0.0987. The van der Waals surface area contributed by atoms with Gasteiger partial charge >= 0.3 is 0 Å². The van der Waals surface area contributed by atoms with Crippen LogP contribution in [0.5, 0.6) is 0 Å². The third kappa shape index (κ3) is 1.59. The Labute approximate surface area is 77.3 Å². The molecular weight excluding hydrogens is 166 g/mol. The van der Waals surface area contributed by atoms with E-state index in [0.29, 0.717) is 5.76 Å². The topological polar surface area (TPSA) is 33.5 Å². The van der Waals surface area contributed by atoms with Gasteiger partial charge in [-0.15, -0.1) is 0 Å². The molecule has 0 bridgehead atoms. The molecule has 0 amide bonds. The maximum absolute atomic E-state index is 11.0. The summed E-state index contributed by atoms with van der Waals surface area (Å²) in [4.78, 5) is 13.2. The molecule has 2 heterocycles. The Morgan fingerprint density at radius 2 is 2.15 bits per heavy atom. The molecule has 0 aromatic carbocycles. The first-order valence-electron chi connectivity index (χ1n) is 4.62. The van der Waals surface area contributed by atoms with E-state index in [1.165, 1.54) is 19.8 Å². The van der Waals surface area contributed by atoms with Gasteiger partial charge in [-0.3, -0.25) is 4.79 Å². The van der Waals surface area contributed by atoms with Crippen molar-refractivity contribution in [3.8, 4) is 0 Å². The zero-order valence-electron chi connectivity index (χ0n) is 7.75. The van der Waals surface area contributed by atoms with E-state index in [4.69, 9.17) is 4.42 Å². The summed E-state index contributed by atoms with van der Waals surface area (Å²) in [6.07, 6.45) is 4.14. The Balaban J connectivity index is 2.16. The summed E-state index contributed by atoms with van der Waals surface area (Å²) in [5.41, 5.74) is 1.04. The third-order valence-electron chi connectivity index (χ3n) is 2.40. The summed E-state index contributed by atoms with van der Waals surface area (Å²) in [5.74, 6) is 0.451. The fourth-order valence-corrected chi connectivity index (χ4v) is 1.65. The Kier molecular flexibility index (Phi) is 2.08. The second-order valence-electron chi connectivity index (χ2n) is 3.42. The van der Waals surface area contributed by atoms with Gasteiger partial charge in [0.15, 0.2) is 11.5 Å². The normalized spacial score (nSPS) is 16.5. The minimum absolute atomic E-state index is 0.00885. The van der Waals surface area contributed by atoms with Gasteiger partial charge in [-0.05, 0) is 12.8 Å². The van der Waals surface area contributed by atoms with Crippen molar-refractivity contribution in [2.24, 2.45) is 0 Å². The van der Waals surface area contributed by atoms with Crippen molar-refractivity contribution >= 4 is 11.5 Å². The lowest BCUT2D eigenvalue weighted by Gasteiger charge is -2.13. The number of hydrogen-bond donors (Lipinski definition) is 0. The Morgan fingerprint density at radius 3 is 2.69 bits per heavy atom. The molecule has 1 saturated heterocycles. The number of hydrogen-bond acceptors (Lipinski definition) is 3. The molecule has 1 aliphatic heterocycles. The van der Waals surface area contributed by atoms with Gasteiger partial charge in [-0.2, -0.15) is 0 Å². The lowest BCUT2D eigenvalue weighted by atomic mass is 10.3. The maximum atomic E-state index is 11.0. The molecule has 0 N–H and O–H groups in total. The highest BCUT2D eigenvalue weighted by molar-refractivity contribution is 5.92. The van der Waals surface area contributed by atoms with E-state index < -0.39 is 0 Å². The van der Waals surface area contributed by atoms with Crippen LogP contribution in [0.3, 0.4) is 0 Å². The fourth-order valence-electron chi connectivity index (χ4n) is 1.65. The minimum Gasteiger partial charge on any atom is -0.459 e. The molecule has 1 fully saturated rings. The van der Waals surface area contributed by atoms with Crippen LogP contribution in [0.2, 0.25) is 0 Å². The number of Topliss-reactive ketones (excluding diaryl/α,β-unsaturated/α-hetero) is 1. The quantitative estimate of drug-likeness (QED) is 0.652. The van der Waals surface area contributed by atoms with Crippen LogP contribution in [0.1, 0.15) is 30.3 Å². The predicted octanol–water partition coefficient (Wildman–Crippen LogP) is 2.08. The zero-order chi connectivity index (χ0) is 9.26. The molecule has 1 aromatic heterocycles. The summed E-state index contributed by atoms with van der Waals surface area (Å²) in [7, 11) is 0. The van der Waals surface area contributed by atoms with Crippen LogP contribution in [0, 0.1) is 0 Å². The number of furan rings is 1. The highest BCUT2D eigenvalue weighted by atomic mass is 16.3. The predicted molar refractivity (Wildman–Crippen MR) is 50.2 cm³/mol. The van der Waals surface area contributed by atoms with Gasteiger partial charge in [0.05, 0.1) is 5.69 Å². The maximum Gasteiger partial charge on any atom is 0.194 e. The molecule has 1 aliphatic rings. The molecule has 3 nitrogen and oxygen atoms in total. The van der Waals surface area contributed by atoms with Gasteiger partial charge < -0.3 is 9.32 Å². The smallest absolute Gasteiger partial charge is 0.194 e. The van der Waals surface area contributed by atoms with Crippen LogP contribution >= 0.6 is 0 Å². The summed E-state index contributed by atoms with van der Waals surface area (Å²) in [6, 6.07) is 1.83. The van der Waals surface area contributed by atoms with Gasteiger partial charge in [0.1, 0.15) is 6.26 Å². The molecule has 0 atom stereocenters. The van der Waals surface area contributed by atoms with Crippen molar-refractivity contribution in [1.29, 1.82) is 0 Å². The summed E-state index contributed by atoms with van der Waals surface area (Å²) < 4.78 is 5.15. The third-order valence-corrected chi connectivity index (χ3v) is 2.40. The van der Waals surface area contributed by atoms with Crippen LogP contribution in [-0.2, 0) is 0 Å². The zero-order valence-corrected chi connectivity index (χ0v) is 7.75. The molecule has 0 saturated carbocycles. The molecule has 0 unspecified atom stereocenters. The molecule has 0 spiro atoms. The number of carbonyl (C=O) groups excluding carboxylic acids is 1. The second kappa shape index (κ2) is 3.24. The first-order chi connectivity index (χ1) is 6.27. The van der Waals surface area contributed by atoms with Crippen LogP contribution in [0.4, 0.5) is 5.69 Å². The van der Waals surface area contributed by atoms with Crippen molar-refractivity contribution in [1.82, 2.24) is 0 Å². The van der Waals surface area contributed by atoms with Gasteiger partial charge in [-0.25, -0.2) is 0 Å². The first-order valence-corrected chi connectivity index (χ1v) is 4.62. The Hall–Kier alpha value is -1.25. The average Bonchev–Trinajstić information content (AvgIpc) is 2.75. The number of rotatable bonds is 2. The minimum atomic E-state index is -0.00885. The number of nitrogens with zero attached hydrogens (tertiary/aromatic N) is 1. The van der Waals surface area contributed by atoms with Gasteiger partial charge in [0.25, 0.3) is 0 Å². The number of anilines is 1. The second-order valence-corrected chi connectivity index (χ2v) is 3.42. The molecule has 1 aromatic rings. The SMILES string of the molecule is CC(=O)c1cc(N2CCCC2)co1. The van der Waals surface area contributed by atoms with Crippen LogP contribution in [-0.4, -0.2) is 18.9 Å². The van der Waals surface area contributed by atoms with E-state index in [1.807, 2.05) is 6.07 Å². The molecule has 70 valence electrons. The molecular formula is C10H13NO2. The largest absolute Gasteiger partial charge is 0.459 e. The van der Waals surface area contributed by atoms with E-state index >= 15 is 0 Å². The van der Waals surface area contributed by atoms with E-state index in [1.54, 1.807) is 6.26 Å². The van der Waals surface area contributed by atoms with Crippen molar-refractivity contribution in [3.63, 3.8) is 0 Å². The van der Waals surface area contributed by atoms with Crippen molar-refractivity contribution in [3.05, 3.63) is 18.1 Å². The van der Waals surface area contributed by atoms with Crippen molar-refractivity contribution in [2.45, 2.75) is 19.8 Å². The standard InChI is InChI=1S/C10H13NO2/c1-8(12)10-6-9(7-13-10)11-4-2-3-5-11/h6-7H,2-5H2,1H3. The fraction of sp³-hybridized carbons (Fsp3) is 0.500. The molecule has 2 rings (SSSR count). The molecule has 0 aliphatic carbocycles. The Morgan fingerprint density at radius 1 is 1.46 bits per heavy atom. The van der Waals surface area contributed by atoms with E-state index in [0.717, 1.165) is 18.8 Å². The highest BCUT2D eigenvalue weighted by Crippen LogP contribution is 2.22. The van der Waals surface area contributed by atoms with Crippen LogP contribution < -0.4 is 4.90 Å². The van der Waals surface area contributed by atoms with E-state index in [2.05, 4.69) is 4.90 Å². The summed E-state index contributed by atoms with van der Waals surface area (Å²) in [6.45, 7) is 3.68. The van der Waals surface area contributed by atoms with Crippen LogP contribution in [0.15, 0.2) is 16.7 Å². The monoisotopic (exact) mass is 179 g/mol. The molecule has 0 radical (unpaired) electrons. The van der Waals surface area contributed by atoms with Crippen molar-refractivity contribution < 1.29 is 9.21 Å². The van der Waals surface area contributed by atoms with Crippen LogP contribution in [0.25, 0.3) is 0 Å². The van der Waals surface area contributed by atoms with E-state index in [9.17, 15) is 4.79 Å². The first kappa shape index (κ1) is 8.35. The highest BCUT2D eigenvalue weighted by Gasteiger charge is 2.15.